The number of anilines is 1. The Kier molecular flexibility index (Phi) is 11.7. The van der Waals surface area contributed by atoms with Gasteiger partial charge in [0.2, 0.25) is 21.8 Å². The highest BCUT2D eigenvalue weighted by Crippen LogP contribution is 2.23. The SMILES string of the molecule is CCCCNC(=O)[C@@H](CC)N(Cc1ccc(F)cc1)C(=O)CN(c1ccc(OCc2ccccc2)cc1)S(C)(=O)=O. The molecule has 220 valence electrons. The number of halogens is 1. The molecular weight excluding hydrogens is 545 g/mol. The van der Waals surface area contributed by atoms with Gasteiger partial charge in [-0.2, -0.15) is 0 Å². The molecule has 0 radical (unpaired) electrons. The third-order valence-electron chi connectivity index (χ3n) is 6.53. The van der Waals surface area contributed by atoms with E-state index in [-0.39, 0.29) is 18.1 Å². The van der Waals surface area contributed by atoms with Crippen molar-refractivity contribution in [2.45, 2.75) is 52.3 Å². The van der Waals surface area contributed by atoms with Gasteiger partial charge < -0.3 is 15.0 Å². The van der Waals surface area contributed by atoms with Gasteiger partial charge in [0.1, 0.15) is 30.8 Å². The summed E-state index contributed by atoms with van der Waals surface area (Å²) < 4.78 is 46.0. The van der Waals surface area contributed by atoms with Crippen molar-refractivity contribution in [1.82, 2.24) is 10.2 Å². The number of unbranched alkanes of at least 4 members (excludes halogenated alkanes) is 1. The average molecular weight is 584 g/mol. The molecule has 41 heavy (non-hydrogen) atoms. The van der Waals surface area contributed by atoms with E-state index in [1.165, 1.54) is 17.0 Å². The molecular formula is C31H38FN3O5S. The van der Waals surface area contributed by atoms with Gasteiger partial charge in [-0.15, -0.1) is 0 Å². The first-order valence-electron chi connectivity index (χ1n) is 13.7. The standard InChI is InChI=1S/C31H38FN3O5S/c1-4-6-20-33-31(37)29(5-2)34(21-24-12-14-26(32)15-13-24)30(36)22-35(41(3,38)39)27-16-18-28(19-17-27)40-23-25-10-8-7-9-11-25/h7-19,29H,4-6,20-23H2,1-3H3,(H,33,37)/t29-/m1/s1. The second kappa shape index (κ2) is 15.2. The van der Waals surface area contributed by atoms with Gasteiger partial charge in [-0.1, -0.05) is 62.7 Å². The van der Waals surface area contributed by atoms with Crippen LogP contribution in [0.1, 0.15) is 44.2 Å². The number of sulfonamides is 1. The van der Waals surface area contributed by atoms with E-state index in [1.807, 2.05) is 37.3 Å². The highest BCUT2D eigenvalue weighted by molar-refractivity contribution is 7.92. The summed E-state index contributed by atoms with van der Waals surface area (Å²) in [5, 5.41) is 2.87. The molecule has 1 N–H and O–H groups in total. The van der Waals surface area contributed by atoms with Crippen LogP contribution in [0.15, 0.2) is 78.9 Å². The number of carbonyl (C=O) groups excluding carboxylic acids is 2. The predicted molar refractivity (Wildman–Crippen MR) is 158 cm³/mol. The van der Waals surface area contributed by atoms with Crippen molar-refractivity contribution in [1.29, 1.82) is 0 Å². The molecule has 8 nitrogen and oxygen atoms in total. The topological polar surface area (TPSA) is 96.0 Å². The lowest BCUT2D eigenvalue weighted by molar-refractivity contribution is -0.140. The Bertz CT molecular complexity index is 1370. The van der Waals surface area contributed by atoms with Crippen molar-refractivity contribution < 1.29 is 27.1 Å². The van der Waals surface area contributed by atoms with Crippen molar-refractivity contribution in [3.8, 4) is 5.75 Å². The van der Waals surface area contributed by atoms with Crippen molar-refractivity contribution >= 4 is 27.5 Å². The quantitative estimate of drug-likeness (QED) is 0.257. The molecule has 1 atom stereocenters. The monoisotopic (exact) mass is 583 g/mol. The van der Waals surface area contributed by atoms with Crippen LogP contribution in [0.3, 0.4) is 0 Å². The lowest BCUT2D eigenvalue weighted by Crippen LogP contribution is -2.52. The van der Waals surface area contributed by atoms with E-state index in [9.17, 15) is 22.4 Å². The smallest absolute Gasteiger partial charge is 0.244 e. The number of ether oxygens (including phenoxy) is 1. The largest absolute Gasteiger partial charge is 0.489 e. The molecule has 0 heterocycles. The Morgan fingerprint density at radius 1 is 0.927 bits per heavy atom. The van der Waals surface area contributed by atoms with Crippen LogP contribution in [0.5, 0.6) is 5.75 Å². The van der Waals surface area contributed by atoms with Crippen molar-refractivity contribution in [2.24, 2.45) is 0 Å². The number of rotatable bonds is 15. The molecule has 0 unspecified atom stereocenters. The van der Waals surface area contributed by atoms with Crippen LogP contribution in [0.25, 0.3) is 0 Å². The minimum atomic E-state index is -3.87. The van der Waals surface area contributed by atoms with Crippen LogP contribution in [0.4, 0.5) is 10.1 Å². The summed E-state index contributed by atoms with van der Waals surface area (Å²) >= 11 is 0. The maximum atomic E-state index is 13.7. The van der Waals surface area contributed by atoms with Gasteiger partial charge in [-0.3, -0.25) is 13.9 Å². The summed E-state index contributed by atoms with van der Waals surface area (Å²) in [6.45, 7) is 4.13. The highest BCUT2D eigenvalue weighted by Gasteiger charge is 2.31. The Hall–Kier alpha value is -3.92. The van der Waals surface area contributed by atoms with E-state index in [4.69, 9.17) is 4.74 Å². The van der Waals surface area contributed by atoms with Gasteiger partial charge in [0.05, 0.1) is 11.9 Å². The van der Waals surface area contributed by atoms with Crippen LogP contribution in [0, 0.1) is 5.82 Å². The Morgan fingerprint density at radius 2 is 1.59 bits per heavy atom. The maximum absolute atomic E-state index is 13.7. The number of nitrogens with one attached hydrogen (secondary N) is 1. The van der Waals surface area contributed by atoms with Gasteiger partial charge in [0, 0.05) is 13.1 Å². The van der Waals surface area contributed by atoms with Crippen molar-refractivity contribution in [2.75, 3.05) is 23.7 Å². The number of hydrogen-bond acceptors (Lipinski definition) is 5. The van der Waals surface area contributed by atoms with Crippen molar-refractivity contribution in [3.05, 3.63) is 95.8 Å². The highest BCUT2D eigenvalue weighted by atomic mass is 32.2. The van der Waals surface area contributed by atoms with Gasteiger partial charge in [0.25, 0.3) is 0 Å². The molecule has 0 fully saturated rings. The molecule has 0 aliphatic carbocycles. The van der Waals surface area contributed by atoms with Crippen molar-refractivity contribution in [3.63, 3.8) is 0 Å². The third kappa shape index (κ3) is 9.60. The molecule has 3 aromatic carbocycles. The van der Waals surface area contributed by atoms with E-state index < -0.39 is 34.3 Å². The molecule has 3 rings (SSSR count). The van der Waals surface area contributed by atoms with Gasteiger partial charge in [-0.25, -0.2) is 12.8 Å². The molecule has 2 amide bonds. The Balaban J connectivity index is 1.83. The molecule has 0 aliphatic heterocycles. The van der Waals surface area contributed by atoms with Crippen LogP contribution in [-0.4, -0.2) is 50.5 Å². The zero-order valence-corrected chi connectivity index (χ0v) is 24.6. The zero-order chi connectivity index (χ0) is 29.8. The lowest BCUT2D eigenvalue weighted by atomic mass is 10.1. The molecule has 0 saturated heterocycles. The van der Waals surface area contributed by atoms with E-state index in [0.717, 1.165) is 29.0 Å². The first-order valence-corrected chi connectivity index (χ1v) is 15.5. The average Bonchev–Trinajstić information content (AvgIpc) is 2.96. The molecule has 0 saturated carbocycles. The number of benzene rings is 3. The third-order valence-corrected chi connectivity index (χ3v) is 7.67. The van der Waals surface area contributed by atoms with Crippen LogP contribution in [-0.2, 0) is 32.8 Å². The number of nitrogens with zero attached hydrogens (tertiary/aromatic N) is 2. The molecule has 10 heteroatoms. The lowest BCUT2D eigenvalue weighted by Gasteiger charge is -2.33. The number of carbonyl (C=O) groups is 2. The fourth-order valence-electron chi connectivity index (χ4n) is 4.28. The minimum absolute atomic E-state index is 0.0166. The number of hydrogen-bond donors (Lipinski definition) is 1. The molecule has 0 bridgehead atoms. The van der Waals surface area contributed by atoms with E-state index in [2.05, 4.69) is 5.32 Å². The second-order valence-electron chi connectivity index (χ2n) is 9.75. The molecule has 0 aliphatic rings. The van der Waals surface area contributed by atoms with Crippen LogP contribution >= 0.6 is 0 Å². The second-order valence-corrected chi connectivity index (χ2v) is 11.7. The normalized spacial score (nSPS) is 11.9. The van der Waals surface area contributed by atoms with E-state index in [1.54, 1.807) is 43.3 Å². The van der Waals surface area contributed by atoms with E-state index >= 15 is 0 Å². The summed E-state index contributed by atoms with van der Waals surface area (Å²) in [5.74, 6) is -0.746. The van der Waals surface area contributed by atoms with Crippen LogP contribution < -0.4 is 14.4 Å². The van der Waals surface area contributed by atoms with E-state index in [0.29, 0.717) is 30.9 Å². The summed E-state index contributed by atoms with van der Waals surface area (Å²) in [6, 6.07) is 20.9. The summed E-state index contributed by atoms with van der Waals surface area (Å²) in [7, 11) is -3.87. The summed E-state index contributed by atoms with van der Waals surface area (Å²) in [5.41, 5.74) is 1.89. The summed E-state index contributed by atoms with van der Waals surface area (Å²) in [6.07, 6.45) is 3.03. The minimum Gasteiger partial charge on any atom is -0.489 e. The first kappa shape index (κ1) is 31.6. The fourth-order valence-corrected chi connectivity index (χ4v) is 5.13. The first-order chi connectivity index (χ1) is 19.6. The Labute approximate surface area is 242 Å². The van der Waals surface area contributed by atoms with Crippen LogP contribution in [0.2, 0.25) is 0 Å². The fraction of sp³-hybridized carbons (Fsp3) is 0.355. The maximum Gasteiger partial charge on any atom is 0.244 e. The molecule has 3 aromatic rings. The molecule has 0 aromatic heterocycles. The summed E-state index contributed by atoms with van der Waals surface area (Å²) in [4.78, 5) is 28.2. The van der Waals surface area contributed by atoms with Gasteiger partial charge >= 0.3 is 0 Å². The molecule has 0 spiro atoms. The Morgan fingerprint density at radius 3 is 2.17 bits per heavy atom. The zero-order valence-electron chi connectivity index (χ0n) is 23.8. The predicted octanol–water partition coefficient (Wildman–Crippen LogP) is 4.89. The van der Waals surface area contributed by atoms with Gasteiger partial charge in [-0.05, 0) is 60.4 Å². The number of amides is 2. The van der Waals surface area contributed by atoms with Gasteiger partial charge in [0.15, 0.2) is 0 Å².